The van der Waals surface area contributed by atoms with Gasteiger partial charge in [0.2, 0.25) is 0 Å². The third kappa shape index (κ3) is 10.8. The number of hydrogen-bond acceptors (Lipinski definition) is 1. The molecule has 1 rings (SSSR count). The molecule has 109 valence electrons. The zero-order valence-electron chi connectivity index (χ0n) is 13.5. The Morgan fingerprint density at radius 2 is 1.15 bits per heavy atom. The van der Waals surface area contributed by atoms with Crippen molar-refractivity contribution in [2.75, 3.05) is 0 Å². The summed E-state index contributed by atoms with van der Waals surface area (Å²) in [6, 6.07) is 7.63. The van der Waals surface area contributed by atoms with Crippen LogP contribution in [-0.2, 0) is 6.42 Å². The van der Waals surface area contributed by atoms with Crippen LogP contribution in [-0.4, -0.2) is 34.7 Å². The maximum atomic E-state index is 9.20. The van der Waals surface area contributed by atoms with E-state index >= 15 is 0 Å². The standard InChI is InChI=1S/C18H30O.Na/c1-2-3-4-5-6-7-8-9-10-11-12-17-13-15-18(19)16-14-17;/h13-16,19H,2-12H2,1H3;. The first-order valence-corrected chi connectivity index (χ1v) is 8.11. The molecule has 1 radical (unpaired) electrons. The molecule has 0 heterocycles. The molecule has 1 aromatic rings. The largest absolute Gasteiger partial charge is 0.508 e. The Balaban J connectivity index is 0.00000361. The van der Waals surface area contributed by atoms with Gasteiger partial charge in [0.15, 0.2) is 0 Å². The topological polar surface area (TPSA) is 20.2 Å². The van der Waals surface area contributed by atoms with Crippen LogP contribution < -0.4 is 0 Å². The summed E-state index contributed by atoms with van der Waals surface area (Å²) < 4.78 is 0. The van der Waals surface area contributed by atoms with Crippen LogP contribution >= 0.6 is 0 Å². The van der Waals surface area contributed by atoms with Gasteiger partial charge in [0, 0.05) is 29.6 Å². The van der Waals surface area contributed by atoms with Crippen LogP contribution in [0.1, 0.15) is 76.7 Å². The second-order valence-corrected chi connectivity index (χ2v) is 5.60. The number of phenols is 1. The molecule has 0 aliphatic carbocycles. The van der Waals surface area contributed by atoms with Gasteiger partial charge >= 0.3 is 0 Å². The van der Waals surface area contributed by atoms with Crippen LogP contribution in [0.4, 0.5) is 0 Å². The van der Waals surface area contributed by atoms with Gasteiger partial charge in [-0.15, -0.1) is 0 Å². The van der Waals surface area contributed by atoms with Gasteiger partial charge in [-0.2, -0.15) is 0 Å². The Morgan fingerprint density at radius 1 is 0.700 bits per heavy atom. The molecule has 0 fully saturated rings. The summed E-state index contributed by atoms with van der Waals surface area (Å²) in [7, 11) is 0. The van der Waals surface area contributed by atoms with E-state index in [4.69, 9.17) is 0 Å². The van der Waals surface area contributed by atoms with Crippen molar-refractivity contribution in [3.05, 3.63) is 29.8 Å². The van der Waals surface area contributed by atoms with E-state index in [1.807, 2.05) is 12.1 Å². The molecule has 0 unspecified atom stereocenters. The average Bonchev–Trinajstić information content (AvgIpc) is 2.43. The summed E-state index contributed by atoms with van der Waals surface area (Å²) in [6.07, 6.45) is 15.0. The third-order valence-corrected chi connectivity index (χ3v) is 3.76. The van der Waals surface area contributed by atoms with Crippen LogP contribution in [0.25, 0.3) is 0 Å². The maximum Gasteiger partial charge on any atom is 0.115 e. The van der Waals surface area contributed by atoms with Gasteiger partial charge in [-0.05, 0) is 30.5 Å². The fraction of sp³-hybridized carbons (Fsp3) is 0.667. The SMILES string of the molecule is CCCCCCCCCCCCc1ccc(O)cc1.[Na]. The Labute approximate surface area is 147 Å². The van der Waals surface area contributed by atoms with Crippen LogP contribution in [0.15, 0.2) is 24.3 Å². The first kappa shape index (κ1) is 20.0. The fourth-order valence-corrected chi connectivity index (χ4v) is 2.48. The predicted octanol–water partition coefficient (Wildman–Crippen LogP) is 5.47. The van der Waals surface area contributed by atoms with Crippen molar-refractivity contribution in [1.82, 2.24) is 0 Å². The number of hydrogen-bond donors (Lipinski definition) is 1. The van der Waals surface area contributed by atoms with Crippen molar-refractivity contribution in [1.29, 1.82) is 0 Å². The van der Waals surface area contributed by atoms with Gasteiger partial charge in [-0.3, -0.25) is 0 Å². The molecule has 0 aromatic heterocycles. The molecular formula is C18H30NaO. The molecular weight excluding hydrogens is 255 g/mol. The Bertz CT molecular complexity index is 308. The van der Waals surface area contributed by atoms with Gasteiger partial charge < -0.3 is 5.11 Å². The van der Waals surface area contributed by atoms with E-state index in [1.54, 1.807) is 12.1 Å². The smallest absolute Gasteiger partial charge is 0.115 e. The Kier molecular flexibility index (Phi) is 14.0. The minimum Gasteiger partial charge on any atom is -0.508 e. The Morgan fingerprint density at radius 3 is 1.65 bits per heavy atom. The molecule has 0 spiro atoms. The molecule has 0 aliphatic rings. The van der Waals surface area contributed by atoms with Crippen molar-refractivity contribution in [2.24, 2.45) is 0 Å². The minimum absolute atomic E-state index is 0. The second-order valence-electron chi connectivity index (χ2n) is 5.60. The van der Waals surface area contributed by atoms with Crippen LogP contribution in [0.5, 0.6) is 5.75 Å². The van der Waals surface area contributed by atoms with E-state index < -0.39 is 0 Å². The fourth-order valence-electron chi connectivity index (χ4n) is 2.48. The average molecular weight is 285 g/mol. The van der Waals surface area contributed by atoms with E-state index in [1.165, 1.54) is 69.8 Å². The molecule has 1 N–H and O–H groups in total. The molecule has 0 aliphatic heterocycles. The predicted molar refractivity (Wildman–Crippen MR) is 89.4 cm³/mol. The van der Waals surface area contributed by atoms with Crippen molar-refractivity contribution in [3.63, 3.8) is 0 Å². The van der Waals surface area contributed by atoms with Gasteiger partial charge in [-0.1, -0.05) is 76.8 Å². The summed E-state index contributed by atoms with van der Waals surface area (Å²) >= 11 is 0. The third-order valence-electron chi connectivity index (χ3n) is 3.76. The number of unbranched alkanes of at least 4 members (excludes halogenated alkanes) is 9. The van der Waals surface area contributed by atoms with Crippen molar-refractivity contribution in [3.8, 4) is 5.75 Å². The van der Waals surface area contributed by atoms with E-state index in [0.29, 0.717) is 5.75 Å². The Hall–Kier alpha value is 0.0200. The summed E-state index contributed by atoms with van der Waals surface area (Å²) in [4.78, 5) is 0. The number of benzene rings is 1. The van der Waals surface area contributed by atoms with Gasteiger partial charge in [0.1, 0.15) is 5.75 Å². The molecule has 0 bridgehead atoms. The van der Waals surface area contributed by atoms with E-state index in [-0.39, 0.29) is 29.6 Å². The van der Waals surface area contributed by atoms with E-state index in [9.17, 15) is 5.11 Å². The van der Waals surface area contributed by atoms with Crippen LogP contribution in [0, 0.1) is 0 Å². The molecule has 0 atom stereocenters. The molecule has 0 saturated heterocycles. The number of rotatable bonds is 11. The van der Waals surface area contributed by atoms with Crippen molar-refractivity contribution >= 4 is 29.6 Å². The maximum absolute atomic E-state index is 9.20. The second kappa shape index (κ2) is 14.0. The summed E-state index contributed by atoms with van der Waals surface area (Å²) in [5.41, 5.74) is 1.34. The quantitative estimate of drug-likeness (QED) is 0.422. The molecule has 1 aromatic carbocycles. The molecule has 20 heavy (non-hydrogen) atoms. The molecule has 0 saturated carbocycles. The summed E-state index contributed by atoms with van der Waals surface area (Å²) in [5, 5.41) is 9.20. The van der Waals surface area contributed by atoms with Gasteiger partial charge in [-0.25, -0.2) is 0 Å². The van der Waals surface area contributed by atoms with E-state index in [0.717, 1.165) is 6.42 Å². The molecule has 1 nitrogen and oxygen atoms in total. The number of aromatic hydroxyl groups is 1. The van der Waals surface area contributed by atoms with Crippen LogP contribution in [0.3, 0.4) is 0 Å². The number of phenolic OH excluding ortho intramolecular Hbond substituents is 1. The van der Waals surface area contributed by atoms with Crippen LogP contribution in [0.2, 0.25) is 0 Å². The van der Waals surface area contributed by atoms with E-state index in [2.05, 4.69) is 6.92 Å². The summed E-state index contributed by atoms with van der Waals surface area (Å²) in [6.45, 7) is 2.27. The minimum atomic E-state index is 0. The first-order valence-electron chi connectivity index (χ1n) is 8.11. The zero-order valence-corrected chi connectivity index (χ0v) is 15.5. The normalized spacial score (nSPS) is 10.2. The first-order chi connectivity index (χ1) is 9.33. The molecule has 0 amide bonds. The summed E-state index contributed by atoms with van der Waals surface area (Å²) in [5.74, 6) is 0.367. The van der Waals surface area contributed by atoms with Gasteiger partial charge in [0.05, 0.1) is 0 Å². The monoisotopic (exact) mass is 285 g/mol. The zero-order chi connectivity index (χ0) is 13.8. The van der Waals surface area contributed by atoms with Crippen molar-refractivity contribution < 1.29 is 5.11 Å². The number of aryl methyl sites for hydroxylation is 1. The van der Waals surface area contributed by atoms with Gasteiger partial charge in [0.25, 0.3) is 0 Å². The van der Waals surface area contributed by atoms with Crippen molar-refractivity contribution in [2.45, 2.75) is 77.6 Å². The molecule has 2 heteroatoms.